The van der Waals surface area contributed by atoms with Crippen LogP contribution in [0.5, 0.6) is 0 Å². The number of imidazole rings is 1. The van der Waals surface area contributed by atoms with E-state index in [9.17, 15) is 14.4 Å². The molecular weight excluding hydrogens is 538 g/mol. The molecule has 8 N–H and O–H groups in total. The number of fused-ring (bicyclic) bond motifs is 2. The number of hydrogen-bond acceptors (Lipinski definition) is 8. The normalized spacial score (nSPS) is 11.5. The number of nitrogen functional groups attached to an aromatic ring is 1. The molecule has 3 aromatic heterocycles. The van der Waals surface area contributed by atoms with Crippen molar-refractivity contribution in [3.8, 4) is 0 Å². The molecule has 0 saturated carbocycles. The van der Waals surface area contributed by atoms with Gasteiger partial charge in [0.15, 0.2) is 5.58 Å². The number of rotatable bonds is 10. The summed E-state index contributed by atoms with van der Waals surface area (Å²) in [5, 5.41) is 11.1. The van der Waals surface area contributed by atoms with Crippen molar-refractivity contribution in [2.75, 3.05) is 22.9 Å². The largest absolute Gasteiger partial charge is 0.462 e. The molecule has 5 rings (SSSR count). The van der Waals surface area contributed by atoms with Crippen molar-refractivity contribution in [3.63, 3.8) is 0 Å². The van der Waals surface area contributed by atoms with Crippen molar-refractivity contribution in [2.45, 2.75) is 33.9 Å². The molecule has 5 aromatic rings. The van der Waals surface area contributed by atoms with Gasteiger partial charge in [-0.25, -0.2) is 4.98 Å². The Labute approximate surface area is 240 Å². The maximum atomic E-state index is 13.2. The number of carbonyl (C=O) groups is 3. The van der Waals surface area contributed by atoms with Gasteiger partial charge < -0.3 is 31.5 Å². The van der Waals surface area contributed by atoms with Crippen LogP contribution in [0.25, 0.3) is 22.0 Å². The Morgan fingerprint density at radius 1 is 1.07 bits per heavy atom. The van der Waals surface area contributed by atoms with Gasteiger partial charge >= 0.3 is 0 Å². The molecule has 13 heteroatoms. The minimum atomic E-state index is -0.595. The lowest BCUT2D eigenvalue weighted by molar-refractivity contribution is 0.0992. The van der Waals surface area contributed by atoms with Crippen LogP contribution in [0, 0.1) is 13.8 Å². The molecule has 0 unspecified atom stereocenters. The van der Waals surface area contributed by atoms with Gasteiger partial charge in [0.25, 0.3) is 5.91 Å². The van der Waals surface area contributed by atoms with E-state index in [1.807, 2.05) is 37.5 Å². The fraction of sp³-hybridized carbons (Fsp3) is 0.207. The second kappa shape index (κ2) is 11.1. The highest BCUT2D eigenvalue weighted by atomic mass is 16.3. The number of aryl methyl sites for hydroxylation is 3. The number of amides is 3. The summed E-state index contributed by atoms with van der Waals surface area (Å²) < 4.78 is 9.04. The van der Waals surface area contributed by atoms with Gasteiger partial charge in [-0.15, -0.1) is 0 Å². The maximum absolute atomic E-state index is 13.2. The van der Waals surface area contributed by atoms with Gasteiger partial charge in [0.2, 0.25) is 17.8 Å². The molecule has 0 aliphatic carbocycles. The van der Waals surface area contributed by atoms with E-state index in [2.05, 4.69) is 20.7 Å². The molecule has 3 amide bonds. The van der Waals surface area contributed by atoms with Gasteiger partial charge in [-0.1, -0.05) is 12.2 Å². The Morgan fingerprint density at radius 2 is 1.86 bits per heavy atom. The standard InChI is InChI=1S/C29H31N9O4/c1-4-38-22(12-16(3)36-38)28(41)35-29-34-21-13-17(26(31)39)11-15(2)24(21)37(29)9-6-5-8-33-23-20(30)14-19(27(32)40)18-7-10-42-25(18)23/h5-7,10-14,33H,4,8-9,30H2,1-3H3,(H2,31,39)(H2,32,40)(H,34,35,41). The van der Waals surface area contributed by atoms with E-state index in [0.29, 0.717) is 64.7 Å². The molecule has 3 heterocycles. The second-order valence-electron chi connectivity index (χ2n) is 9.78. The van der Waals surface area contributed by atoms with Crippen molar-refractivity contribution in [1.29, 1.82) is 0 Å². The number of carbonyl (C=O) groups excluding carboxylic acids is 3. The van der Waals surface area contributed by atoms with E-state index in [1.54, 1.807) is 28.9 Å². The Kier molecular flexibility index (Phi) is 7.40. The van der Waals surface area contributed by atoms with Crippen molar-refractivity contribution in [1.82, 2.24) is 19.3 Å². The lowest BCUT2D eigenvalue weighted by Crippen LogP contribution is -2.20. The number of primary amides is 2. The van der Waals surface area contributed by atoms with Crippen LogP contribution in [0.4, 0.5) is 17.3 Å². The predicted octanol–water partition coefficient (Wildman–Crippen LogP) is 3.32. The van der Waals surface area contributed by atoms with Crippen LogP contribution in [-0.2, 0) is 13.1 Å². The molecule has 0 bridgehead atoms. The topological polar surface area (TPSA) is 202 Å². The van der Waals surface area contributed by atoms with Crippen molar-refractivity contribution in [3.05, 3.63) is 76.8 Å². The maximum Gasteiger partial charge on any atom is 0.276 e. The summed E-state index contributed by atoms with van der Waals surface area (Å²) in [5.41, 5.74) is 22.3. The molecule has 0 radical (unpaired) electrons. The first kappa shape index (κ1) is 28.0. The van der Waals surface area contributed by atoms with E-state index in [0.717, 1.165) is 16.8 Å². The molecule has 0 fully saturated rings. The zero-order valence-corrected chi connectivity index (χ0v) is 23.4. The van der Waals surface area contributed by atoms with Gasteiger partial charge in [0, 0.05) is 30.6 Å². The van der Waals surface area contributed by atoms with E-state index in [1.165, 1.54) is 12.3 Å². The van der Waals surface area contributed by atoms with Gasteiger partial charge in [-0.2, -0.15) is 5.10 Å². The summed E-state index contributed by atoms with van der Waals surface area (Å²) >= 11 is 0. The predicted molar refractivity (Wildman–Crippen MR) is 160 cm³/mol. The van der Waals surface area contributed by atoms with Crippen LogP contribution in [0.15, 0.2) is 53.2 Å². The van der Waals surface area contributed by atoms with Crippen LogP contribution in [-0.4, -0.2) is 43.6 Å². The molecule has 216 valence electrons. The highest BCUT2D eigenvalue weighted by Crippen LogP contribution is 2.33. The van der Waals surface area contributed by atoms with E-state index >= 15 is 0 Å². The second-order valence-corrected chi connectivity index (χ2v) is 9.78. The molecule has 2 aromatic carbocycles. The van der Waals surface area contributed by atoms with E-state index < -0.39 is 11.8 Å². The highest BCUT2D eigenvalue weighted by Gasteiger charge is 2.20. The molecule has 0 aliphatic rings. The van der Waals surface area contributed by atoms with Gasteiger partial charge in [0.1, 0.15) is 11.4 Å². The van der Waals surface area contributed by atoms with Crippen LogP contribution in [0.1, 0.15) is 49.4 Å². The van der Waals surface area contributed by atoms with E-state index in [4.69, 9.17) is 21.6 Å². The first-order valence-electron chi connectivity index (χ1n) is 13.2. The van der Waals surface area contributed by atoms with Crippen molar-refractivity contribution in [2.24, 2.45) is 11.5 Å². The fourth-order valence-electron chi connectivity index (χ4n) is 4.99. The first-order chi connectivity index (χ1) is 20.1. The SMILES string of the molecule is CCn1nc(C)cc1C(=O)Nc1nc2cc(C(N)=O)cc(C)c2n1CC=CCNc1c(N)cc(C(N)=O)c2ccoc12. The molecule has 0 spiro atoms. The first-order valence-corrected chi connectivity index (χ1v) is 13.2. The lowest BCUT2D eigenvalue weighted by atomic mass is 10.1. The van der Waals surface area contributed by atoms with Gasteiger partial charge in [-0.3, -0.25) is 24.4 Å². The number of nitrogens with one attached hydrogen (secondary N) is 2. The molecular formula is C29H31N9O4. The van der Waals surface area contributed by atoms with E-state index in [-0.39, 0.29) is 11.5 Å². The number of benzene rings is 2. The molecule has 0 aliphatic heterocycles. The average molecular weight is 570 g/mol. The third-order valence-electron chi connectivity index (χ3n) is 6.86. The zero-order chi connectivity index (χ0) is 30.1. The Balaban J connectivity index is 1.42. The number of hydrogen-bond donors (Lipinski definition) is 5. The Hall–Kier alpha value is -5.59. The van der Waals surface area contributed by atoms with Gasteiger partial charge in [-0.05, 0) is 56.7 Å². The number of allylic oxidation sites excluding steroid dienone is 1. The van der Waals surface area contributed by atoms with Crippen molar-refractivity contribution >= 4 is 57.0 Å². The average Bonchev–Trinajstić information content (AvgIpc) is 3.66. The summed E-state index contributed by atoms with van der Waals surface area (Å²) in [7, 11) is 0. The Morgan fingerprint density at radius 3 is 2.57 bits per heavy atom. The smallest absolute Gasteiger partial charge is 0.276 e. The molecule has 42 heavy (non-hydrogen) atoms. The molecule has 0 saturated heterocycles. The molecule has 13 nitrogen and oxygen atoms in total. The monoisotopic (exact) mass is 569 g/mol. The summed E-state index contributed by atoms with van der Waals surface area (Å²) in [6, 6.07) is 8.20. The van der Waals surface area contributed by atoms with Crippen molar-refractivity contribution < 1.29 is 18.8 Å². The van der Waals surface area contributed by atoms with Crippen LogP contribution < -0.4 is 27.8 Å². The number of furan rings is 1. The third-order valence-corrected chi connectivity index (χ3v) is 6.86. The summed E-state index contributed by atoms with van der Waals surface area (Å²) in [6.45, 7) is 6.84. The fourth-order valence-corrected chi connectivity index (χ4v) is 4.99. The zero-order valence-electron chi connectivity index (χ0n) is 23.4. The summed E-state index contributed by atoms with van der Waals surface area (Å²) in [4.78, 5) is 41.5. The minimum Gasteiger partial charge on any atom is -0.462 e. The van der Waals surface area contributed by atoms with Crippen LogP contribution in [0.2, 0.25) is 0 Å². The Bertz CT molecular complexity index is 1890. The number of nitrogens with two attached hydrogens (primary N) is 3. The number of aromatic nitrogens is 4. The van der Waals surface area contributed by atoms with Crippen LogP contribution >= 0.6 is 0 Å². The quantitative estimate of drug-likeness (QED) is 0.124. The third kappa shape index (κ3) is 5.14. The summed E-state index contributed by atoms with van der Waals surface area (Å²) in [5.74, 6) is -1.21. The summed E-state index contributed by atoms with van der Waals surface area (Å²) in [6.07, 6.45) is 5.26. The van der Waals surface area contributed by atoms with Gasteiger partial charge in [0.05, 0.1) is 34.2 Å². The molecule has 0 atom stereocenters. The number of anilines is 3. The number of nitrogens with zero attached hydrogens (tertiary/aromatic N) is 4. The minimum absolute atomic E-state index is 0.283. The highest BCUT2D eigenvalue weighted by molar-refractivity contribution is 6.11. The lowest BCUT2D eigenvalue weighted by Gasteiger charge is -2.11. The van der Waals surface area contributed by atoms with Crippen LogP contribution in [0.3, 0.4) is 0 Å².